The lowest BCUT2D eigenvalue weighted by Crippen LogP contribution is -2.40. The fourth-order valence-corrected chi connectivity index (χ4v) is 7.61. The molecule has 0 bridgehead atoms. The quantitative estimate of drug-likeness (QED) is 0.148. The van der Waals surface area contributed by atoms with Crippen LogP contribution in [0, 0.1) is 11.8 Å². The topological polar surface area (TPSA) is 231 Å². The molecule has 0 saturated carbocycles. The molecule has 0 aromatic heterocycles. The molecule has 2 aromatic rings. The maximum Gasteiger partial charge on any atom is 0.349 e. The molecular formula is C40H46N10O8. The van der Waals surface area contributed by atoms with Crippen LogP contribution in [0.25, 0.3) is 45.1 Å². The highest BCUT2D eigenvalue weighted by atomic mass is 16.6. The number of rotatable bonds is 8. The van der Waals surface area contributed by atoms with E-state index in [1.54, 1.807) is 0 Å². The Bertz CT molecular complexity index is 2630. The minimum Gasteiger partial charge on any atom is -0.481 e. The van der Waals surface area contributed by atoms with Crippen LogP contribution in [-0.4, -0.2) is 111 Å². The van der Waals surface area contributed by atoms with Gasteiger partial charge in [-0.1, -0.05) is 24.3 Å². The molecule has 58 heavy (non-hydrogen) atoms. The number of hydrogen-bond donors (Lipinski definition) is 3. The predicted molar refractivity (Wildman–Crippen MR) is 214 cm³/mol. The lowest BCUT2D eigenvalue weighted by Gasteiger charge is -2.32. The number of carbonyl (C=O) groups is 2. The summed E-state index contributed by atoms with van der Waals surface area (Å²) < 4.78 is 9.25. The van der Waals surface area contributed by atoms with E-state index in [2.05, 4.69) is 39.7 Å². The molecule has 18 nitrogen and oxygen atoms in total. The lowest BCUT2D eigenvalue weighted by molar-refractivity contribution is -0.161. The summed E-state index contributed by atoms with van der Waals surface area (Å²) in [4.78, 5) is 97.0. The number of esters is 1. The van der Waals surface area contributed by atoms with Crippen LogP contribution in [0.3, 0.4) is 0 Å². The fraction of sp³-hybridized carbons (Fsp3) is 0.450. The number of carbonyl (C=O) groups excluding carboxylic acids is 1. The molecule has 18 heteroatoms. The molecule has 0 spiro atoms. The molecule has 8 rings (SSSR count). The summed E-state index contributed by atoms with van der Waals surface area (Å²) >= 11 is 0. The number of para-hydroxylation sites is 4. The third-order valence-electron chi connectivity index (χ3n) is 10.6. The minimum absolute atomic E-state index is 0.0750. The van der Waals surface area contributed by atoms with Crippen molar-refractivity contribution in [2.45, 2.75) is 65.1 Å². The van der Waals surface area contributed by atoms with Crippen LogP contribution < -0.4 is 22.5 Å². The highest BCUT2D eigenvalue weighted by molar-refractivity contribution is 5.80. The summed E-state index contributed by atoms with van der Waals surface area (Å²) in [6.07, 6.45) is 2.75. The molecule has 6 aliphatic heterocycles. The van der Waals surface area contributed by atoms with Crippen molar-refractivity contribution >= 4 is 34.0 Å². The predicted octanol–water partition coefficient (Wildman–Crippen LogP) is 2.02. The number of fused-ring (bicyclic) bond motifs is 4. The van der Waals surface area contributed by atoms with Crippen molar-refractivity contribution in [2.75, 3.05) is 39.3 Å². The van der Waals surface area contributed by atoms with Crippen molar-refractivity contribution in [1.29, 1.82) is 0 Å². The summed E-state index contributed by atoms with van der Waals surface area (Å²) in [6.45, 7) is 11.1. The zero-order chi connectivity index (χ0) is 41.1. The van der Waals surface area contributed by atoms with Crippen molar-refractivity contribution in [3.63, 3.8) is 0 Å². The molecule has 0 unspecified atom stereocenters. The van der Waals surface area contributed by atoms with Crippen molar-refractivity contribution in [2.24, 2.45) is 11.8 Å². The molecule has 0 amide bonds. The van der Waals surface area contributed by atoms with E-state index in [-0.39, 0.29) is 40.8 Å². The van der Waals surface area contributed by atoms with Gasteiger partial charge < -0.3 is 28.8 Å². The number of ether oxygens (including phenoxy) is 1. The Morgan fingerprint density at radius 1 is 0.655 bits per heavy atom. The van der Waals surface area contributed by atoms with Crippen LogP contribution in [0.5, 0.6) is 0 Å². The van der Waals surface area contributed by atoms with Gasteiger partial charge in [0.15, 0.2) is 23.0 Å². The highest BCUT2D eigenvalue weighted by Crippen LogP contribution is 2.25. The zero-order valence-electron chi connectivity index (χ0n) is 32.6. The van der Waals surface area contributed by atoms with E-state index in [4.69, 9.17) is 9.84 Å². The van der Waals surface area contributed by atoms with Crippen LogP contribution in [-0.2, 0) is 27.4 Å². The minimum atomic E-state index is -0.735. The summed E-state index contributed by atoms with van der Waals surface area (Å²) in [6, 6.07) is 14.9. The summed E-state index contributed by atoms with van der Waals surface area (Å²) in [5.74, 6) is -0.659. The molecule has 2 aromatic carbocycles. The van der Waals surface area contributed by atoms with Gasteiger partial charge in [-0.25, -0.2) is 19.6 Å². The molecular weight excluding hydrogens is 749 g/mol. The highest BCUT2D eigenvalue weighted by Gasteiger charge is 2.30. The average Bonchev–Trinajstić information content (AvgIpc) is 3.18. The Labute approximate surface area is 331 Å². The Morgan fingerprint density at radius 2 is 1.07 bits per heavy atom. The van der Waals surface area contributed by atoms with Gasteiger partial charge in [0.1, 0.15) is 5.60 Å². The molecule has 2 fully saturated rings. The maximum atomic E-state index is 12.3. The Kier molecular flexibility index (Phi) is 11.6. The third kappa shape index (κ3) is 9.02. The Balaban J connectivity index is 0.000000178. The van der Waals surface area contributed by atoms with E-state index in [1.165, 1.54) is 0 Å². The van der Waals surface area contributed by atoms with Gasteiger partial charge in [0.05, 0.1) is 33.9 Å². The molecule has 2 saturated heterocycles. The molecule has 0 atom stereocenters. The number of likely N-dealkylation sites (tertiary alicyclic amines) is 2. The Morgan fingerprint density at radius 3 is 1.48 bits per heavy atom. The number of carboxylic acid groups (broad SMARTS) is 1. The maximum absolute atomic E-state index is 12.3. The number of aromatic amines is 2. The van der Waals surface area contributed by atoms with Crippen LogP contribution in [0.2, 0.25) is 0 Å². The number of hydrogen-bond acceptors (Lipinski definition) is 13. The van der Waals surface area contributed by atoms with Crippen LogP contribution in [0.4, 0.5) is 0 Å². The summed E-state index contributed by atoms with van der Waals surface area (Å²) in [7, 11) is 0. The van der Waals surface area contributed by atoms with E-state index in [0.717, 1.165) is 37.0 Å². The second-order valence-corrected chi connectivity index (χ2v) is 15.7. The number of nitrogens with one attached hydrogen (secondary N) is 2. The molecule has 304 valence electrons. The third-order valence-corrected chi connectivity index (χ3v) is 10.6. The van der Waals surface area contributed by atoms with Crippen LogP contribution in [0.1, 0.15) is 46.5 Å². The summed E-state index contributed by atoms with van der Waals surface area (Å²) in [5, 5.41) is 9.12. The monoisotopic (exact) mass is 794 g/mol. The number of aromatic nitrogens is 8. The first-order valence-electron chi connectivity index (χ1n) is 19.4. The number of H-pyrrole nitrogens is 2. The molecule has 6 heterocycles. The van der Waals surface area contributed by atoms with Gasteiger partial charge in [0.2, 0.25) is 0 Å². The smallest absolute Gasteiger partial charge is 0.349 e. The Hall–Kier alpha value is -6.14. The van der Waals surface area contributed by atoms with Crippen molar-refractivity contribution in [3.05, 3.63) is 90.2 Å². The van der Waals surface area contributed by atoms with Crippen molar-refractivity contribution in [3.8, 4) is 23.0 Å². The largest absolute Gasteiger partial charge is 0.481 e. The van der Waals surface area contributed by atoms with Crippen molar-refractivity contribution < 1.29 is 19.4 Å². The van der Waals surface area contributed by atoms with Crippen LogP contribution >= 0.6 is 0 Å². The first kappa shape index (κ1) is 40.1. The summed E-state index contributed by atoms with van der Waals surface area (Å²) in [5.41, 5.74) is 0.296. The number of nitrogens with zero attached hydrogens (tertiary/aromatic N) is 8. The standard InChI is InChI=1S/C22H27N5O4.C18H19N5O4/c1-22(2,3)31-20(29)14-8-10-26(11-9-14)12-13-27-16-7-5-4-6-15(16)23-17-18(27)24-21(30)25-19(17)28;24-16-14-15(20-18(27)21-16)23(13-4-2-1-3-12(13)19-14)10-9-22-7-5-11(6-8-22)17(25)26/h4-7,14H,8-13H2,1-3H3,(H,25,28,30);1-4,11H,5-10H2,(H,25,26)(H,21,24,27). The SMILES string of the molecule is CC(C)(C)OC(=O)C1CCN(CCn2c3nc(=O)[nH]c(=O)c-3nc3ccccc32)CC1.O=C(O)C1CCN(CCn2c3nc(=O)[nH]c(=O)c-3nc3ccccc32)CC1. The van der Waals surface area contributed by atoms with E-state index in [1.807, 2.05) is 78.4 Å². The van der Waals surface area contributed by atoms with Gasteiger partial charge in [0.25, 0.3) is 11.1 Å². The van der Waals surface area contributed by atoms with Gasteiger partial charge in [-0.05, 0) is 96.9 Å². The normalized spacial score (nSPS) is 16.1. The first-order chi connectivity index (χ1) is 27.7. The average molecular weight is 795 g/mol. The number of piperidine rings is 2. The lowest BCUT2D eigenvalue weighted by atomic mass is 9.96. The van der Waals surface area contributed by atoms with Crippen molar-refractivity contribution in [1.82, 2.24) is 48.8 Å². The zero-order valence-corrected chi connectivity index (χ0v) is 32.6. The van der Waals surface area contributed by atoms with Gasteiger partial charge >= 0.3 is 23.3 Å². The van der Waals surface area contributed by atoms with Gasteiger partial charge in [-0.15, -0.1) is 0 Å². The van der Waals surface area contributed by atoms with Gasteiger partial charge in [-0.3, -0.25) is 29.1 Å². The number of aliphatic carboxylic acids is 1. The molecule has 6 aliphatic rings. The van der Waals surface area contributed by atoms with E-state index in [0.29, 0.717) is 63.1 Å². The molecule has 3 N–H and O–H groups in total. The second kappa shape index (κ2) is 16.8. The van der Waals surface area contributed by atoms with Crippen LogP contribution in [0.15, 0.2) is 67.7 Å². The van der Waals surface area contributed by atoms with E-state index < -0.39 is 34.1 Å². The fourth-order valence-electron chi connectivity index (χ4n) is 7.61. The number of benzene rings is 2. The van der Waals surface area contributed by atoms with Gasteiger partial charge in [-0.2, -0.15) is 9.97 Å². The van der Waals surface area contributed by atoms with Gasteiger partial charge in [0, 0.05) is 26.2 Å². The van der Waals surface area contributed by atoms with E-state index in [9.17, 15) is 28.8 Å². The second-order valence-electron chi connectivity index (χ2n) is 15.7. The molecule has 0 radical (unpaired) electrons. The number of carboxylic acids is 1. The first-order valence-corrected chi connectivity index (χ1v) is 19.4. The molecule has 0 aliphatic carbocycles. The van der Waals surface area contributed by atoms with E-state index >= 15 is 0 Å².